The molecule has 3 nitrogen and oxygen atoms in total. The van der Waals surface area contributed by atoms with E-state index < -0.39 is 6.10 Å². The molecule has 0 heterocycles. The van der Waals surface area contributed by atoms with E-state index in [2.05, 4.69) is 0 Å². The first-order chi connectivity index (χ1) is 10.0. The molecule has 0 fully saturated rings. The lowest BCUT2D eigenvalue weighted by atomic mass is 10.0. The number of hydrogen-bond donors (Lipinski definition) is 1. The average molecular weight is 286 g/mol. The van der Waals surface area contributed by atoms with Crippen LogP contribution in [0.25, 0.3) is 0 Å². The molecule has 2 unspecified atom stereocenters. The van der Waals surface area contributed by atoms with E-state index in [1.807, 2.05) is 63.2 Å². The molecule has 112 valence electrons. The van der Waals surface area contributed by atoms with E-state index in [0.29, 0.717) is 11.5 Å². The third-order valence-electron chi connectivity index (χ3n) is 3.50. The number of aliphatic hydroxyl groups excluding tert-OH is 1. The molecule has 21 heavy (non-hydrogen) atoms. The summed E-state index contributed by atoms with van der Waals surface area (Å²) in [5.41, 5.74) is 3.12. The van der Waals surface area contributed by atoms with Crippen molar-refractivity contribution in [3.8, 4) is 11.5 Å². The summed E-state index contributed by atoms with van der Waals surface area (Å²) in [5.74, 6) is 1.32. The Morgan fingerprint density at radius 1 is 0.905 bits per heavy atom. The van der Waals surface area contributed by atoms with E-state index >= 15 is 0 Å². The fourth-order valence-electron chi connectivity index (χ4n) is 2.17. The fraction of sp³-hybridized carbons (Fsp3) is 0.333. The smallest absolute Gasteiger partial charge is 0.161 e. The van der Waals surface area contributed by atoms with Gasteiger partial charge in [-0.2, -0.15) is 0 Å². The van der Waals surface area contributed by atoms with Gasteiger partial charge in [-0.3, -0.25) is 0 Å². The molecule has 2 aromatic carbocycles. The molecule has 0 spiro atoms. The van der Waals surface area contributed by atoms with Gasteiger partial charge in [0.05, 0.1) is 7.11 Å². The molecule has 1 N–H and O–H groups in total. The van der Waals surface area contributed by atoms with Gasteiger partial charge in [-0.1, -0.05) is 35.9 Å². The Hall–Kier alpha value is -2.00. The molecular formula is C18H22O3. The minimum atomic E-state index is -0.684. The summed E-state index contributed by atoms with van der Waals surface area (Å²) in [6.07, 6.45) is -1.05. The van der Waals surface area contributed by atoms with Crippen molar-refractivity contribution in [3.05, 3.63) is 59.2 Å². The van der Waals surface area contributed by atoms with Crippen LogP contribution >= 0.6 is 0 Å². The highest BCUT2D eigenvalue weighted by molar-refractivity contribution is 5.42. The van der Waals surface area contributed by atoms with Crippen molar-refractivity contribution in [1.82, 2.24) is 0 Å². The van der Waals surface area contributed by atoms with Crippen LogP contribution in [0.1, 0.15) is 29.7 Å². The predicted octanol–water partition coefficient (Wildman–Crippen LogP) is 3.81. The van der Waals surface area contributed by atoms with Gasteiger partial charge in [-0.25, -0.2) is 0 Å². The molecule has 0 radical (unpaired) electrons. The molecular weight excluding hydrogens is 264 g/mol. The maximum absolute atomic E-state index is 10.4. The van der Waals surface area contributed by atoms with Gasteiger partial charge in [0.25, 0.3) is 0 Å². The molecule has 2 aromatic rings. The largest absolute Gasteiger partial charge is 0.493 e. The van der Waals surface area contributed by atoms with Crippen molar-refractivity contribution in [2.45, 2.75) is 33.0 Å². The monoisotopic (exact) mass is 286 g/mol. The first-order valence-corrected chi connectivity index (χ1v) is 7.07. The van der Waals surface area contributed by atoms with Crippen LogP contribution in [0.15, 0.2) is 42.5 Å². The van der Waals surface area contributed by atoms with Gasteiger partial charge < -0.3 is 14.6 Å². The third kappa shape index (κ3) is 3.76. The number of aliphatic hydroxyl groups is 1. The molecule has 0 aliphatic rings. The summed E-state index contributed by atoms with van der Waals surface area (Å²) in [4.78, 5) is 0. The average Bonchev–Trinajstić information content (AvgIpc) is 2.49. The molecule has 2 atom stereocenters. The van der Waals surface area contributed by atoms with Crippen molar-refractivity contribution in [2.24, 2.45) is 0 Å². The predicted molar refractivity (Wildman–Crippen MR) is 84.0 cm³/mol. The van der Waals surface area contributed by atoms with Crippen LogP contribution in [-0.4, -0.2) is 18.3 Å². The van der Waals surface area contributed by atoms with Crippen molar-refractivity contribution in [2.75, 3.05) is 7.11 Å². The number of aryl methyl sites for hydroxylation is 2. The minimum Gasteiger partial charge on any atom is -0.493 e. The lowest BCUT2D eigenvalue weighted by Gasteiger charge is -2.22. The second kappa shape index (κ2) is 6.64. The lowest BCUT2D eigenvalue weighted by Crippen LogP contribution is -2.22. The Morgan fingerprint density at radius 2 is 1.52 bits per heavy atom. The lowest BCUT2D eigenvalue weighted by molar-refractivity contribution is 0.0451. The van der Waals surface area contributed by atoms with Crippen LogP contribution < -0.4 is 9.47 Å². The quantitative estimate of drug-likeness (QED) is 0.908. The van der Waals surface area contributed by atoms with Crippen LogP contribution in [0.5, 0.6) is 11.5 Å². The second-order valence-electron chi connectivity index (χ2n) is 5.33. The molecule has 0 bridgehead atoms. The topological polar surface area (TPSA) is 38.7 Å². The molecule has 0 aliphatic carbocycles. The standard InChI is InChI=1S/C18H22O3/c1-12-5-8-15(9-6-12)18(19)14(3)21-16-10-7-13(2)11-17(16)20-4/h5-11,14,18-19H,1-4H3. The van der Waals surface area contributed by atoms with E-state index in [0.717, 1.165) is 11.1 Å². The van der Waals surface area contributed by atoms with Crippen molar-refractivity contribution < 1.29 is 14.6 Å². The minimum absolute atomic E-state index is 0.371. The summed E-state index contributed by atoms with van der Waals surface area (Å²) in [6.45, 7) is 5.87. The Balaban J connectivity index is 2.13. The Morgan fingerprint density at radius 3 is 2.14 bits per heavy atom. The third-order valence-corrected chi connectivity index (χ3v) is 3.50. The van der Waals surface area contributed by atoms with E-state index in [1.54, 1.807) is 7.11 Å². The second-order valence-corrected chi connectivity index (χ2v) is 5.33. The van der Waals surface area contributed by atoms with E-state index in [1.165, 1.54) is 5.56 Å². The van der Waals surface area contributed by atoms with Crippen LogP contribution in [0.4, 0.5) is 0 Å². The van der Waals surface area contributed by atoms with Crippen LogP contribution in [-0.2, 0) is 0 Å². The van der Waals surface area contributed by atoms with Crippen LogP contribution in [0, 0.1) is 13.8 Å². The fourth-order valence-corrected chi connectivity index (χ4v) is 2.17. The SMILES string of the molecule is COc1cc(C)ccc1OC(C)C(O)c1ccc(C)cc1. The van der Waals surface area contributed by atoms with Gasteiger partial charge in [0, 0.05) is 0 Å². The van der Waals surface area contributed by atoms with Gasteiger partial charge in [0.1, 0.15) is 12.2 Å². The maximum atomic E-state index is 10.4. The van der Waals surface area contributed by atoms with Gasteiger partial charge in [0.15, 0.2) is 11.5 Å². The van der Waals surface area contributed by atoms with Gasteiger partial charge in [-0.15, -0.1) is 0 Å². The van der Waals surface area contributed by atoms with Crippen molar-refractivity contribution in [1.29, 1.82) is 0 Å². The van der Waals surface area contributed by atoms with E-state index in [4.69, 9.17) is 9.47 Å². The molecule has 0 aliphatic heterocycles. The van der Waals surface area contributed by atoms with Gasteiger partial charge in [-0.05, 0) is 44.0 Å². The molecule has 0 aromatic heterocycles. The Bertz CT molecular complexity index is 590. The van der Waals surface area contributed by atoms with Crippen LogP contribution in [0.2, 0.25) is 0 Å². The van der Waals surface area contributed by atoms with Gasteiger partial charge in [0.2, 0.25) is 0 Å². The van der Waals surface area contributed by atoms with Crippen LogP contribution in [0.3, 0.4) is 0 Å². The Labute approximate surface area is 126 Å². The summed E-state index contributed by atoms with van der Waals surface area (Å²) in [7, 11) is 1.61. The Kier molecular flexibility index (Phi) is 4.86. The first kappa shape index (κ1) is 15.4. The number of rotatable bonds is 5. The summed E-state index contributed by atoms with van der Waals surface area (Å²) < 4.78 is 11.2. The highest BCUT2D eigenvalue weighted by Gasteiger charge is 2.19. The highest BCUT2D eigenvalue weighted by Crippen LogP contribution is 2.31. The molecule has 0 amide bonds. The number of methoxy groups -OCH3 is 1. The highest BCUT2D eigenvalue weighted by atomic mass is 16.5. The normalized spacial score (nSPS) is 13.6. The first-order valence-electron chi connectivity index (χ1n) is 7.07. The zero-order valence-electron chi connectivity index (χ0n) is 13.0. The summed E-state index contributed by atoms with van der Waals surface area (Å²) in [6, 6.07) is 13.6. The van der Waals surface area contributed by atoms with Crippen molar-refractivity contribution in [3.63, 3.8) is 0 Å². The van der Waals surface area contributed by atoms with E-state index in [-0.39, 0.29) is 6.10 Å². The zero-order valence-corrected chi connectivity index (χ0v) is 13.0. The molecule has 0 saturated carbocycles. The molecule has 3 heteroatoms. The van der Waals surface area contributed by atoms with Crippen molar-refractivity contribution >= 4 is 0 Å². The maximum Gasteiger partial charge on any atom is 0.161 e. The summed E-state index contributed by atoms with van der Waals surface area (Å²) >= 11 is 0. The number of hydrogen-bond acceptors (Lipinski definition) is 3. The van der Waals surface area contributed by atoms with E-state index in [9.17, 15) is 5.11 Å². The summed E-state index contributed by atoms with van der Waals surface area (Å²) in [5, 5.41) is 10.4. The molecule has 2 rings (SSSR count). The zero-order chi connectivity index (χ0) is 15.4. The number of ether oxygens (including phenoxy) is 2. The van der Waals surface area contributed by atoms with Gasteiger partial charge >= 0.3 is 0 Å². The molecule has 0 saturated heterocycles. The number of benzene rings is 2.